The average molecular weight is 464 g/mol. The Labute approximate surface area is 197 Å². The van der Waals surface area contributed by atoms with Gasteiger partial charge in [0.25, 0.3) is 11.8 Å². The molecular weight excluding hydrogens is 441 g/mol. The number of nitrogens with zero attached hydrogens (tertiary/aromatic N) is 2. The minimum absolute atomic E-state index is 0.181. The van der Waals surface area contributed by atoms with E-state index in [1.165, 1.54) is 29.2 Å². The normalized spacial score (nSPS) is 13.6. The predicted molar refractivity (Wildman–Crippen MR) is 130 cm³/mol. The van der Waals surface area contributed by atoms with E-state index in [0.29, 0.717) is 22.7 Å². The van der Waals surface area contributed by atoms with E-state index in [1.807, 2.05) is 55.4 Å². The van der Waals surface area contributed by atoms with Crippen molar-refractivity contribution in [3.8, 4) is 0 Å². The fourth-order valence-electron chi connectivity index (χ4n) is 3.66. The molecule has 3 aromatic carbocycles. The number of carbonyl (C=O) groups is 2. The van der Waals surface area contributed by atoms with Crippen molar-refractivity contribution in [2.24, 2.45) is 0 Å². The summed E-state index contributed by atoms with van der Waals surface area (Å²) in [6.45, 7) is 0.217. The maximum absolute atomic E-state index is 13.5. The Morgan fingerprint density at radius 1 is 0.879 bits per heavy atom. The van der Waals surface area contributed by atoms with Crippen LogP contribution in [0, 0.1) is 5.82 Å². The molecule has 0 atom stereocenters. The van der Waals surface area contributed by atoms with Crippen LogP contribution in [-0.2, 0) is 16.0 Å². The minimum Gasteiger partial charge on any atom is -0.378 e. The van der Waals surface area contributed by atoms with Crippen molar-refractivity contribution in [1.82, 2.24) is 4.90 Å². The summed E-state index contributed by atoms with van der Waals surface area (Å²) in [4.78, 5) is 29.8. The highest BCUT2D eigenvalue weighted by Crippen LogP contribution is 2.31. The highest BCUT2D eigenvalue weighted by molar-refractivity contribution is 6.36. The third-order valence-corrected chi connectivity index (χ3v) is 5.74. The van der Waals surface area contributed by atoms with Crippen LogP contribution in [0.15, 0.2) is 78.5 Å². The summed E-state index contributed by atoms with van der Waals surface area (Å²) in [5, 5.41) is 3.75. The van der Waals surface area contributed by atoms with Gasteiger partial charge in [-0.15, -0.1) is 0 Å². The lowest BCUT2D eigenvalue weighted by Gasteiger charge is -2.16. The Kier molecular flexibility index (Phi) is 6.47. The summed E-state index contributed by atoms with van der Waals surface area (Å²) in [6.07, 6.45) is 0.496. The number of carbonyl (C=O) groups excluding carboxylic acids is 2. The van der Waals surface area contributed by atoms with Gasteiger partial charge < -0.3 is 10.2 Å². The highest BCUT2D eigenvalue weighted by Gasteiger charge is 2.39. The molecule has 1 aliphatic heterocycles. The summed E-state index contributed by atoms with van der Waals surface area (Å²) in [5.41, 5.74) is 3.54. The van der Waals surface area contributed by atoms with Crippen molar-refractivity contribution < 1.29 is 14.0 Å². The molecule has 168 valence electrons. The van der Waals surface area contributed by atoms with Crippen LogP contribution < -0.4 is 10.2 Å². The predicted octanol–water partition coefficient (Wildman–Crippen LogP) is 4.98. The smallest absolute Gasteiger partial charge is 0.278 e. The van der Waals surface area contributed by atoms with Gasteiger partial charge in [-0.1, -0.05) is 35.9 Å². The first kappa shape index (κ1) is 22.6. The number of rotatable bonds is 7. The van der Waals surface area contributed by atoms with Crippen molar-refractivity contribution in [1.29, 1.82) is 0 Å². The van der Waals surface area contributed by atoms with Gasteiger partial charge in [0, 0.05) is 37.0 Å². The summed E-state index contributed by atoms with van der Waals surface area (Å²) in [6, 6.07) is 20.4. The minimum atomic E-state index is -0.412. The Balaban J connectivity index is 1.63. The number of benzene rings is 3. The second kappa shape index (κ2) is 9.46. The van der Waals surface area contributed by atoms with Crippen LogP contribution in [0.2, 0.25) is 5.02 Å². The maximum atomic E-state index is 13.5. The number of imide groups is 1. The van der Waals surface area contributed by atoms with Crippen LogP contribution in [0.1, 0.15) is 11.1 Å². The van der Waals surface area contributed by atoms with Crippen molar-refractivity contribution in [3.63, 3.8) is 0 Å². The lowest BCUT2D eigenvalue weighted by Crippen LogP contribution is -2.34. The van der Waals surface area contributed by atoms with E-state index in [1.54, 1.807) is 12.1 Å². The summed E-state index contributed by atoms with van der Waals surface area (Å²) >= 11 is 5.94. The maximum Gasteiger partial charge on any atom is 0.278 e. The number of anilines is 2. The van der Waals surface area contributed by atoms with Gasteiger partial charge in [0.2, 0.25) is 0 Å². The zero-order valence-corrected chi connectivity index (χ0v) is 19.1. The van der Waals surface area contributed by atoms with Crippen molar-refractivity contribution >= 4 is 40.4 Å². The second-order valence-electron chi connectivity index (χ2n) is 7.96. The van der Waals surface area contributed by atoms with Crippen LogP contribution in [0.4, 0.5) is 15.8 Å². The largest absolute Gasteiger partial charge is 0.378 e. The topological polar surface area (TPSA) is 52.7 Å². The van der Waals surface area contributed by atoms with Gasteiger partial charge in [-0.05, 0) is 66.1 Å². The first-order valence-corrected chi connectivity index (χ1v) is 10.9. The van der Waals surface area contributed by atoms with E-state index >= 15 is 0 Å². The lowest BCUT2D eigenvalue weighted by molar-refractivity contribution is -0.136. The van der Waals surface area contributed by atoms with Gasteiger partial charge in [0.1, 0.15) is 11.5 Å². The summed E-state index contributed by atoms with van der Waals surface area (Å²) in [5.74, 6) is -1.23. The first-order chi connectivity index (χ1) is 15.8. The number of amides is 2. The van der Waals surface area contributed by atoms with Crippen LogP contribution in [0.3, 0.4) is 0 Å². The van der Waals surface area contributed by atoms with E-state index in [-0.39, 0.29) is 17.8 Å². The fourth-order valence-corrected chi connectivity index (χ4v) is 3.78. The fraction of sp³-hybridized carbons (Fsp3) is 0.154. The van der Waals surface area contributed by atoms with Crippen molar-refractivity contribution in [2.45, 2.75) is 6.42 Å². The number of halogens is 2. The van der Waals surface area contributed by atoms with Gasteiger partial charge in [-0.3, -0.25) is 14.5 Å². The van der Waals surface area contributed by atoms with E-state index in [0.717, 1.165) is 11.3 Å². The molecule has 1 aliphatic rings. The molecule has 33 heavy (non-hydrogen) atoms. The molecule has 4 rings (SSSR count). The molecular formula is C26H23ClFN3O2. The van der Waals surface area contributed by atoms with Gasteiger partial charge >= 0.3 is 0 Å². The van der Waals surface area contributed by atoms with Gasteiger partial charge in [0.05, 0.1) is 5.57 Å². The molecule has 0 fully saturated rings. The Morgan fingerprint density at radius 3 is 2.12 bits per heavy atom. The summed E-state index contributed by atoms with van der Waals surface area (Å²) < 4.78 is 13.5. The molecule has 7 heteroatoms. The highest BCUT2D eigenvalue weighted by atomic mass is 35.5. The molecule has 2 amide bonds. The van der Waals surface area contributed by atoms with Crippen LogP contribution >= 0.6 is 11.6 Å². The Hall–Kier alpha value is -3.64. The van der Waals surface area contributed by atoms with E-state index in [9.17, 15) is 14.0 Å². The summed E-state index contributed by atoms with van der Waals surface area (Å²) in [7, 11) is 3.88. The molecule has 0 aromatic heterocycles. The molecule has 0 saturated carbocycles. The molecule has 1 heterocycles. The molecule has 0 saturated heterocycles. The van der Waals surface area contributed by atoms with Gasteiger partial charge in [-0.2, -0.15) is 0 Å². The molecule has 5 nitrogen and oxygen atoms in total. The third kappa shape index (κ3) is 4.91. The number of hydrogen-bond acceptors (Lipinski definition) is 4. The van der Waals surface area contributed by atoms with Crippen molar-refractivity contribution in [3.05, 3.63) is 100 Å². The van der Waals surface area contributed by atoms with Crippen LogP contribution in [0.25, 0.3) is 5.57 Å². The Bertz CT molecular complexity index is 1200. The quantitative estimate of drug-likeness (QED) is 0.502. The standard InChI is InChI=1S/C26H23ClFN3O2/c1-30(2)22-13-11-21(12-14-22)29-24-23(18-5-9-20(28)10-6-18)25(32)31(26(24)33)16-15-17-3-7-19(27)8-4-17/h3-14,29H,15-16H2,1-2H3. The SMILES string of the molecule is CN(C)c1ccc(NC2=C(c3ccc(F)cc3)C(=O)N(CCc3ccc(Cl)cc3)C2=O)cc1. The Morgan fingerprint density at radius 2 is 1.52 bits per heavy atom. The van der Waals surface area contributed by atoms with E-state index in [2.05, 4.69) is 5.32 Å². The third-order valence-electron chi connectivity index (χ3n) is 5.49. The molecule has 1 N–H and O–H groups in total. The van der Waals surface area contributed by atoms with E-state index < -0.39 is 17.6 Å². The lowest BCUT2D eigenvalue weighted by atomic mass is 10.0. The molecule has 0 radical (unpaired) electrons. The van der Waals surface area contributed by atoms with E-state index in [4.69, 9.17) is 11.6 Å². The monoisotopic (exact) mass is 463 g/mol. The molecule has 0 bridgehead atoms. The molecule has 0 unspecified atom stereocenters. The van der Waals surface area contributed by atoms with Gasteiger partial charge in [-0.25, -0.2) is 4.39 Å². The molecule has 0 spiro atoms. The van der Waals surface area contributed by atoms with Gasteiger partial charge in [0.15, 0.2) is 0 Å². The molecule has 3 aromatic rings. The average Bonchev–Trinajstić information content (AvgIpc) is 3.03. The van der Waals surface area contributed by atoms with Crippen LogP contribution in [-0.4, -0.2) is 37.4 Å². The number of nitrogens with one attached hydrogen (secondary N) is 1. The zero-order chi connectivity index (χ0) is 23.5. The zero-order valence-electron chi connectivity index (χ0n) is 18.3. The first-order valence-electron chi connectivity index (χ1n) is 10.5. The molecule has 0 aliphatic carbocycles. The van der Waals surface area contributed by atoms with Crippen molar-refractivity contribution in [2.75, 3.05) is 30.9 Å². The second-order valence-corrected chi connectivity index (χ2v) is 8.40. The van der Waals surface area contributed by atoms with Crippen LogP contribution in [0.5, 0.6) is 0 Å². The number of hydrogen-bond donors (Lipinski definition) is 1.